The van der Waals surface area contributed by atoms with Gasteiger partial charge in [0.05, 0.1) is 13.1 Å². The van der Waals surface area contributed by atoms with Gasteiger partial charge in [-0.1, -0.05) is 13.8 Å². The predicted octanol–water partition coefficient (Wildman–Crippen LogP) is 1.77. The van der Waals surface area contributed by atoms with Crippen LogP contribution in [-0.4, -0.2) is 49.6 Å². The van der Waals surface area contributed by atoms with Crippen LogP contribution in [0.25, 0.3) is 0 Å². The largest absolute Gasteiger partial charge is 0.463 e. The van der Waals surface area contributed by atoms with Crippen molar-refractivity contribution in [2.75, 3.05) is 33.7 Å². The molecule has 1 aliphatic heterocycles. The summed E-state index contributed by atoms with van der Waals surface area (Å²) in [5, 5.41) is 3.29. The molecule has 1 N–H and O–H groups in total. The number of likely N-dealkylation sites (N-methyl/N-ethyl adjacent to an activating group) is 1. The first kappa shape index (κ1) is 14.6. The van der Waals surface area contributed by atoms with Crippen LogP contribution >= 0.6 is 0 Å². The third-order valence-corrected chi connectivity index (χ3v) is 3.96. The lowest BCUT2D eigenvalue weighted by Gasteiger charge is -2.22. The molecule has 1 aromatic heterocycles. The summed E-state index contributed by atoms with van der Waals surface area (Å²) < 4.78 is 5.86. The maximum Gasteiger partial charge on any atom is 0.118 e. The third-order valence-electron chi connectivity index (χ3n) is 3.96. The number of hydrogen-bond acceptors (Lipinski definition) is 4. The van der Waals surface area contributed by atoms with Crippen molar-refractivity contribution in [3.63, 3.8) is 0 Å². The number of likely N-dealkylation sites (tertiary alicyclic amines) is 1. The van der Waals surface area contributed by atoms with E-state index in [0.717, 1.165) is 50.2 Å². The Morgan fingerprint density at radius 3 is 2.68 bits per heavy atom. The number of rotatable bonds is 6. The fraction of sp³-hybridized carbons (Fsp3) is 0.733. The molecule has 0 spiro atoms. The van der Waals surface area contributed by atoms with Crippen molar-refractivity contribution in [3.05, 3.63) is 23.7 Å². The minimum Gasteiger partial charge on any atom is -0.463 e. The van der Waals surface area contributed by atoms with Crippen LogP contribution in [0.15, 0.2) is 16.5 Å². The average Bonchev–Trinajstić information content (AvgIpc) is 2.94. The minimum absolute atomic E-state index is 0.663. The zero-order valence-corrected chi connectivity index (χ0v) is 12.6. The maximum absolute atomic E-state index is 5.86. The molecule has 108 valence electrons. The predicted molar refractivity (Wildman–Crippen MR) is 78.0 cm³/mol. The van der Waals surface area contributed by atoms with E-state index in [9.17, 15) is 0 Å². The van der Waals surface area contributed by atoms with Gasteiger partial charge in [0.15, 0.2) is 0 Å². The van der Waals surface area contributed by atoms with Gasteiger partial charge < -0.3 is 14.6 Å². The van der Waals surface area contributed by atoms with Crippen molar-refractivity contribution >= 4 is 0 Å². The molecule has 1 aromatic rings. The van der Waals surface area contributed by atoms with Crippen LogP contribution < -0.4 is 5.32 Å². The quantitative estimate of drug-likeness (QED) is 0.849. The van der Waals surface area contributed by atoms with Gasteiger partial charge in [-0.15, -0.1) is 0 Å². The summed E-state index contributed by atoms with van der Waals surface area (Å²) in [6, 6.07) is 4.86. The van der Waals surface area contributed by atoms with Crippen LogP contribution in [0.2, 0.25) is 0 Å². The molecule has 2 atom stereocenters. The highest BCUT2D eigenvalue weighted by Gasteiger charge is 2.31. The summed E-state index contributed by atoms with van der Waals surface area (Å²) in [5.74, 6) is 2.85. The first-order chi connectivity index (χ1) is 9.10. The van der Waals surface area contributed by atoms with Gasteiger partial charge in [0, 0.05) is 19.1 Å². The zero-order chi connectivity index (χ0) is 13.8. The Kier molecular flexibility index (Phi) is 5.02. The Morgan fingerprint density at radius 1 is 1.32 bits per heavy atom. The van der Waals surface area contributed by atoms with Crippen molar-refractivity contribution in [3.8, 4) is 0 Å². The Morgan fingerprint density at radius 2 is 2.05 bits per heavy atom. The van der Waals surface area contributed by atoms with Crippen LogP contribution in [0.1, 0.15) is 25.4 Å². The van der Waals surface area contributed by atoms with Crippen LogP contribution in [0.5, 0.6) is 0 Å². The van der Waals surface area contributed by atoms with Crippen molar-refractivity contribution < 1.29 is 4.42 Å². The Bertz CT molecular complexity index is 388. The second-order valence-electron chi connectivity index (χ2n) is 5.85. The van der Waals surface area contributed by atoms with E-state index in [-0.39, 0.29) is 0 Å². The molecule has 4 nitrogen and oxygen atoms in total. The van der Waals surface area contributed by atoms with Crippen LogP contribution in [0.4, 0.5) is 0 Å². The van der Waals surface area contributed by atoms with E-state index in [0.29, 0.717) is 6.04 Å². The fourth-order valence-electron chi connectivity index (χ4n) is 2.92. The number of furan rings is 1. The summed E-state index contributed by atoms with van der Waals surface area (Å²) >= 11 is 0. The van der Waals surface area contributed by atoms with E-state index < -0.39 is 0 Å². The molecule has 1 saturated heterocycles. The first-order valence-corrected chi connectivity index (χ1v) is 7.27. The molecule has 2 heterocycles. The highest BCUT2D eigenvalue weighted by atomic mass is 16.3. The molecule has 0 aromatic carbocycles. The second kappa shape index (κ2) is 6.55. The van der Waals surface area contributed by atoms with Gasteiger partial charge in [0.1, 0.15) is 11.5 Å². The molecule has 2 unspecified atom stereocenters. The third kappa shape index (κ3) is 3.81. The fourth-order valence-corrected chi connectivity index (χ4v) is 2.92. The molecule has 0 radical (unpaired) electrons. The van der Waals surface area contributed by atoms with E-state index in [1.54, 1.807) is 0 Å². The average molecular weight is 265 g/mol. The maximum atomic E-state index is 5.86. The SMILES string of the molecule is CCNCc1ccc(CN2CC(C)C(N(C)C)C2)o1. The minimum atomic E-state index is 0.663. The lowest BCUT2D eigenvalue weighted by Crippen LogP contribution is -2.34. The Balaban J connectivity index is 1.86. The van der Waals surface area contributed by atoms with Gasteiger partial charge in [-0.3, -0.25) is 4.90 Å². The standard InChI is InChI=1S/C15H27N3O/c1-5-16-8-13-6-7-14(19-13)10-18-9-12(2)15(11-18)17(3)4/h6-7,12,15-16H,5,8-11H2,1-4H3. The summed E-state index contributed by atoms with van der Waals surface area (Å²) in [6.45, 7) is 9.47. The summed E-state index contributed by atoms with van der Waals surface area (Å²) in [5.41, 5.74) is 0. The highest BCUT2D eigenvalue weighted by Crippen LogP contribution is 2.22. The molecular formula is C15H27N3O. The number of hydrogen-bond donors (Lipinski definition) is 1. The van der Waals surface area contributed by atoms with Crippen LogP contribution in [0, 0.1) is 5.92 Å². The lowest BCUT2D eigenvalue weighted by molar-refractivity contribution is 0.242. The van der Waals surface area contributed by atoms with Crippen molar-refractivity contribution in [2.45, 2.75) is 33.0 Å². The van der Waals surface area contributed by atoms with E-state index in [4.69, 9.17) is 4.42 Å². The highest BCUT2D eigenvalue weighted by molar-refractivity contribution is 5.07. The molecule has 0 bridgehead atoms. The van der Waals surface area contributed by atoms with E-state index >= 15 is 0 Å². The van der Waals surface area contributed by atoms with E-state index in [2.05, 4.69) is 55.2 Å². The van der Waals surface area contributed by atoms with Crippen molar-refractivity contribution in [1.82, 2.24) is 15.1 Å². The molecule has 0 amide bonds. The van der Waals surface area contributed by atoms with Crippen LogP contribution in [-0.2, 0) is 13.1 Å². The van der Waals surface area contributed by atoms with Gasteiger partial charge in [-0.25, -0.2) is 0 Å². The molecule has 1 fully saturated rings. The Labute approximate surface area is 116 Å². The molecular weight excluding hydrogens is 238 g/mol. The normalized spacial score (nSPS) is 24.5. The molecule has 0 saturated carbocycles. The van der Waals surface area contributed by atoms with E-state index in [1.807, 2.05) is 0 Å². The van der Waals surface area contributed by atoms with Gasteiger partial charge in [0.25, 0.3) is 0 Å². The summed E-state index contributed by atoms with van der Waals surface area (Å²) in [4.78, 5) is 4.83. The summed E-state index contributed by atoms with van der Waals surface area (Å²) in [7, 11) is 4.35. The van der Waals surface area contributed by atoms with Gasteiger partial charge in [0.2, 0.25) is 0 Å². The molecule has 0 aliphatic carbocycles. The van der Waals surface area contributed by atoms with Crippen molar-refractivity contribution in [1.29, 1.82) is 0 Å². The number of nitrogens with zero attached hydrogens (tertiary/aromatic N) is 2. The smallest absolute Gasteiger partial charge is 0.118 e. The first-order valence-electron chi connectivity index (χ1n) is 7.27. The van der Waals surface area contributed by atoms with Crippen molar-refractivity contribution in [2.24, 2.45) is 5.92 Å². The van der Waals surface area contributed by atoms with Gasteiger partial charge >= 0.3 is 0 Å². The number of nitrogens with one attached hydrogen (secondary N) is 1. The van der Waals surface area contributed by atoms with Crippen LogP contribution in [0.3, 0.4) is 0 Å². The summed E-state index contributed by atoms with van der Waals surface area (Å²) in [6.07, 6.45) is 0. The van der Waals surface area contributed by atoms with E-state index in [1.165, 1.54) is 0 Å². The zero-order valence-electron chi connectivity index (χ0n) is 12.6. The lowest BCUT2D eigenvalue weighted by atomic mass is 10.1. The molecule has 1 aliphatic rings. The van der Waals surface area contributed by atoms with Gasteiger partial charge in [-0.2, -0.15) is 0 Å². The second-order valence-corrected chi connectivity index (χ2v) is 5.85. The molecule has 4 heteroatoms. The topological polar surface area (TPSA) is 31.6 Å². The molecule has 19 heavy (non-hydrogen) atoms. The Hall–Kier alpha value is -0.840. The monoisotopic (exact) mass is 265 g/mol. The van der Waals surface area contributed by atoms with Gasteiger partial charge in [-0.05, 0) is 38.7 Å². The molecule has 2 rings (SSSR count).